The lowest BCUT2D eigenvalue weighted by molar-refractivity contribution is 0.308. The molecule has 0 aliphatic heterocycles. The van der Waals surface area contributed by atoms with Crippen LogP contribution >= 0.6 is 15.9 Å². The van der Waals surface area contributed by atoms with E-state index in [1.807, 2.05) is 0 Å². The molecule has 0 N–H and O–H groups in total. The van der Waals surface area contributed by atoms with Gasteiger partial charge in [-0.2, -0.15) is 0 Å². The van der Waals surface area contributed by atoms with E-state index in [1.54, 1.807) is 0 Å². The van der Waals surface area contributed by atoms with Crippen LogP contribution in [0.5, 0.6) is 5.75 Å². The average molecular weight is 257 g/mol. The van der Waals surface area contributed by atoms with E-state index in [1.165, 1.54) is 17.5 Å². The number of hydrogen-bond donors (Lipinski definition) is 0. The van der Waals surface area contributed by atoms with Crippen molar-refractivity contribution in [1.29, 1.82) is 0 Å². The van der Waals surface area contributed by atoms with Crippen LogP contribution in [0.2, 0.25) is 0 Å². The molecule has 0 aliphatic rings. The van der Waals surface area contributed by atoms with Crippen LogP contribution in [0.15, 0.2) is 18.2 Å². The first kappa shape index (κ1) is 11.6. The predicted molar refractivity (Wildman–Crippen MR) is 64.4 cm³/mol. The Kier molecular flexibility index (Phi) is 5.02. The predicted octanol–water partition coefficient (Wildman–Crippen LogP) is 3.86. The molecule has 0 atom stereocenters. The van der Waals surface area contributed by atoms with Gasteiger partial charge in [0.15, 0.2) is 0 Å². The summed E-state index contributed by atoms with van der Waals surface area (Å²) in [5, 5.41) is 1.06. The van der Waals surface area contributed by atoms with Crippen LogP contribution in [-0.2, 0) is 0 Å². The first-order valence-electron chi connectivity index (χ1n) is 5.00. The summed E-state index contributed by atoms with van der Waals surface area (Å²) in [5.74, 6) is 1.03. The van der Waals surface area contributed by atoms with E-state index in [0.717, 1.165) is 24.1 Å². The van der Waals surface area contributed by atoms with E-state index in [9.17, 15) is 0 Å². The summed E-state index contributed by atoms with van der Waals surface area (Å²) in [7, 11) is 0. The number of ether oxygens (including phenoxy) is 1. The number of halogens is 1. The van der Waals surface area contributed by atoms with Crippen molar-refractivity contribution in [2.75, 3.05) is 11.9 Å². The molecule has 0 aliphatic carbocycles. The Morgan fingerprint density at radius 1 is 1.21 bits per heavy atom. The topological polar surface area (TPSA) is 9.23 Å². The molecule has 1 aromatic rings. The highest BCUT2D eigenvalue weighted by atomic mass is 79.9. The molecule has 0 aromatic heterocycles. The van der Waals surface area contributed by atoms with Crippen molar-refractivity contribution in [3.63, 3.8) is 0 Å². The van der Waals surface area contributed by atoms with Gasteiger partial charge in [-0.05, 0) is 43.9 Å². The highest BCUT2D eigenvalue weighted by Gasteiger charge is 1.98. The fourth-order valence-electron chi connectivity index (χ4n) is 1.24. The minimum atomic E-state index is 0.815. The Balaban J connectivity index is 2.45. The standard InChI is InChI=1S/C12H17BrO/c1-10-5-6-11(2)12(9-10)14-8-4-3-7-13/h5-6,9H,3-4,7-8H2,1-2H3. The zero-order valence-corrected chi connectivity index (χ0v) is 10.4. The molecule has 0 saturated carbocycles. The van der Waals surface area contributed by atoms with Gasteiger partial charge in [-0.3, -0.25) is 0 Å². The Morgan fingerprint density at radius 3 is 2.71 bits per heavy atom. The number of rotatable bonds is 5. The molecule has 78 valence electrons. The summed E-state index contributed by atoms with van der Waals surface area (Å²) in [6, 6.07) is 6.32. The molecule has 0 radical (unpaired) electrons. The lowest BCUT2D eigenvalue weighted by Crippen LogP contribution is -1.99. The summed E-state index contributed by atoms with van der Waals surface area (Å²) in [6.07, 6.45) is 2.28. The molecule has 0 spiro atoms. The van der Waals surface area contributed by atoms with Crippen LogP contribution in [-0.4, -0.2) is 11.9 Å². The van der Waals surface area contributed by atoms with Gasteiger partial charge in [-0.25, -0.2) is 0 Å². The molecule has 1 aromatic carbocycles. The smallest absolute Gasteiger partial charge is 0.122 e. The molecule has 0 unspecified atom stereocenters. The van der Waals surface area contributed by atoms with Crippen molar-refractivity contribution in [3.05, 3.63) is 29.3 Å². The molecule has 0 fully saturated rings. The van der Waals surface area contributed by atoms with Crippen molar-refractivity contribution in [2.45, 2.75) is 26.7 Å². The maximum Gasteiger partial charge on any atom is 0.122 e. The van der Waals surface area contributed by atoms with Crippen molar-refractivity contribution in [1.82, 2.24) is 0 Å². The van der Waals surface area contributed by atoms with Crippen molar-refractivity contribution in [2.24, 2.45) is 0 Å². The van der Waals surface area contributed by atoms with Gasteiger partial charge in [0, 0.05) is 5.33 Å². The van der Waals surface area contributed by atoms with E-state index in [-0.39, 0.29) is 0 Å². The third-order valence-electron chi connectivity index (χ3n) is 2.13. The van der Waals surface area contributed by atoms with E-state index < -0.39 is 0 Å². The zero-order chi connectivity index (χ0) is 10.4. The lowest BCUT2D eigenvalue weighted by Gasteiger charge is -2.09. The fourth-order valence-corrected chi connectivity index (χ4v) is 1.64. The molecular weight excluding hydrogens is 240 g/mol. The van der Waals surface area contributed by atoms with Crippen molar-refractivity contribution >= 4 is 15.9 Å². The average Bonchev–Trinajstić information content (AvgIpc) is 2.18. The molecule has 1 nitrogen and oxygen atoms in total. The van der Waals surface area contributed by atoms with E-state index in [4.69, 9.17) is 4.74 Å². The fraction of sp³-hybridized carbons (Fsp3) is 0.500. The quantitative estimate of drug-likeness (QED) is 0.575. The number of hydrogen-bond acceptors (Lipinski definition) is 1. The van der Waals surface area contributed by atoms with E-state index >= 15 is 0 Å². The van der Waals surface area contributed by atoms with E-state index in [2.05, 4.69) is 48.0 Å². The molecule has 0 heterocycles. The maximum atomic E-state index is 5.70. The van der Waals surface area contributed by atoms with Crippen LogP contribution in [0.3, 0.4) is 0 Å². The first-order valence-corrected chi connectivity index (χ1v) is 6.12. The van der Waals surface area contributed by atoms with Gasteiger partial charge in [0.1, 0.15) is 5.75 Å². The normalized spacial score (nSPS) is 10.2. The SMILES string of the molecule is Cc1ccc(C)c(OCCCCBr)c1. The van der Waals surface area contributed by atoms with Crippen LogP contribution < -0.4 is 4.74 Å². The lowest BCUT2D eigenvalue weighted by atomic mass is 10.1. The van der Waals surface area contributed by atoms with Crippen LogP contribution in [0.1, 0.15) is 24.0 Å². The van der Waals surface area contributed by atoms with E-state index in [0.29, 0.717) is 0 Å². The Morgan fingerprint density at radius 2 is 2.00 bits per heavy atom. The van der Waals surface area contributed by atoms with Crippen LogP contribution in [0.25, 0.3) is 0 Å². The third kappa shape index (κ3) is 3.70. The number of unbranched alkanes of at least 4 members (excludes halogenated alkanes) is 1. The van der Waals surface area contributed by atoms with Crippen LogP contribution in [0, 0.1) is 13.8 Å². The van der Waals surface area contributed by atoms with Gasteiger partial charge >= 0.3 is 0 Å². The number of benzene rings is 1. The monoisotopic (exact) mass is 256 g/mol. The summed E-state index contributed by atoms with van der Waals surface area (Å²) in [6.45, 7) is 4.99. The van der Waals surface area contributed by atoms with Crippen LogP contribution in [0.4, 0.5) is 0 Å². The Bertz CT molecular complexity index is 284. The highest BCUT2D eigenvalue weighted by Crippen LogP contribution is 2.19. The second-order valence-corrected chi connectivity index (χ2v) is 4.31. The third-order valence-corrected chi connectivity index (χ3v) is 2.69. The second-order valence-electron chi connectivity index (χ2n) is 3.51. The van der Waals surface area contributed by atoms with Gasteiger partial charge in [-0.1, -0.05) is 28.1 Å². The van der Waals surface area contributed by atoms with Crippen molar-refractivity contribution < 1.29 is 4.74 Å². The molecular formula is C12H17BrO. The summed E-state index contributed by atoms with van der Waals surface area (Å²) in [5.41, 5.74) is 2.47. The first-order chi connectivity index (χ1) is 6.74. The Hall–Kier alpha value is -0.500. The summed E-state index contributed by atoms with van der Waals surface area (Å²) in [4.78, 5) is 0. The minimum absolute atomic E-state index is 0.815. The molecule has 1 rings (SSSR count). The molecule has 0 bridgehead atoms. The van der Waals surface area contributed by atoms with Gasteiger partial charge in [0.2, 0.25) is 0 Å². The molecule has 14 heavy (non-hydrogen) atoms. The molecule has 0 saturated heterocycles. The number of aryl methyl sites for hydroxylation is 2. The highest BCUT2D eigenvalue weighted by molar-refractivity contribution is 9.09. The maximum absolute atomic E-state index is 5.70. The number of alkyl halides is 1. The van der Waals surface area contributed by atoms with Gasteiger partial charge in [0.05, 0.1) is 6.61 Å². The molecule has 0 amide bonds. The van der Waals surface area contributed by atoms with Gasteiger partial charge < -0.3 is 4.74 Å². The molecule has 2 heteroatoms. The van der Waals surface area contributed by atoms with Gasteiger partial charge in [0.25, 0.3) is 0 Å². The van der Waals surface area contributed by atoms with Gasteiger partial charge in [-0.15, -0.1) is 0 Å². The van der Waals surface area contributed by atoms with Crippen molar-refractivity contribution in [3.8, 4) is 5.75 Å². The summed E-state index contributed by atoms with van der Waals surface area (Å²) < 4.78 is 5.70. The largest absolute Gasteiger partial charge is 0.493 e. The summed E-state index contributed by atoms with van der Waals surface area (Å²) >= 11 is 3.41. The Labute approximate surface area is 94.6 Å². The second kappa shape index (κ2) is 6.07. The zero-order valence-electron chi connectivity index (χ0n) is 8.85. The minimum Gasteiger partial charge on any atom is -0.493 e.